The molecule has 2 rings (SSSR count). The van der Waals surface area contributed by atoms with Crippen LogP contribution in [0.25, 0.3) is 0 Å². The monoisotopic (exact) mass is 246 g/mol. The van der Waals surface area contributed by atoms with E-state index in [-0.39, 0.29) is 11.9 Å². The van der Waals surface area contributed by atoms with Crippen LogP contribution < -0.4 is 10.6 Å². The Morgan fingerprint density at radius 3 is 2.87 bits per heavy atom. The second kappa shape index (κ2) is 4.32. The number of hydrogen-bond acceptors (Lipinski definition) is 5. The molecule has 1 aromatic rings. The fourth-order valence-corrected chi connectivity index (χ4v) is 1.75. The molecule has 0 radical (unpaired) electrons. The minimum atomic E-state index is -0.341. The molecule has 1 heterocycles. The average molecular weight is 247 g/mol. The van der Waals surface area contributed by atoms with E-state index in [1.54, 1.807) is 6.92 Å². The summed E-state index contributed by atoms with van der Waals surface area (Å²) in [6, 6.07) is 0.0257. The Bertz CT molecular complexity index is 365. The molecule has 0 saturated heterocycles. The van der Waals surface area contributed by atoms with Crippen LogP contribution in [0.5, 0.6) is 0 Å². The van der Waals surface area contributed by atoms with Crippen LogP contribution in [0.3, 0.4) is 0 Å². The van der Waals surface area contributed by atoms with E-state index in [1.807, 2.05) is 0 Å². The van der Waals surface area contributed by atoms with Crippen LogP contribution in [0.15, 0.2) is 0 Å². The summed E-state index contributed by atoms with van der Waals surface area (Å²) in [5, 5.41) is 6.12. The van der Waals surface area contributed by atoms with E-state index in [9.17, 15) is 4.79 Å². The number of rotatable bonds is 4. The highest BCUT2D eigenvalue weighted by molar-refractivity contribution is 6.99. The molecule has 15 heavy (non-hydrogen) atoms. The van der Waals surface area contributed by atoms with E-state index < -0.39 is 0 Å². The molecule has 1 amide bonds. The van der Waals surface area contributed by atoms with E-state index in [2.05, 4.69) is 19.4 Å². The zero-order chi connectivity index (χ0) is 10.8. The number of aromatic nitrogens is 2. The Morgan fingerprint density at radius 1 is 1.60 bits per heavy atom. The van der Waals surface area contributed by atoms with Crippen molar-refractivity contribution in [2.75, 3.05) is 5.32 Å². The maximum atomic E-state index is 11.6. The van der Waals surface area contributed by atoms with Gasteiger partial charge in [0.15, 0.2) is 11.0 Å². The van der Waals surface area contributed by atoms with Crippen LogP contribution in [0.1, 0.15) is 19.8 Å². The summed E-state index contributed by atoms with van der Waals surface area (Å²) in [6.45, 7) is 1.77. The summed E-state index contributed by atoms with van der Waals surface area (Å²) < 4.78 is 7.74. The van der Waals surface area contributed by atoms with Gasteiger partial charge in [0.1, 0.15) is 6.04 Å². The number of nitrogens with zero attached hydrogens (tertiary/aromatic N) is 2. The number of carbonyl (C=O) groups is 1. The third kappa shape index (κ3) is 2.79. The maximum absolute atomic E-state index is 11.6. The average Bonchev–Trinajstić information content (AvgIpc) is 2.92. The van der Waals surface area contributed by atoms with Gasteiger partial charge in [0.25, 0.3) is 0 Å². The van der Waals surface area contributed by atoms with Crippen LogP contribution in [0.2, 0.25) is 5.15 Å². The summed E-state index contributed by atoms with van der Waals surface area (Å²) in [6.07, 6.45) is 2.16. The Labute approximate surface area is 96.5 Å². The number of halogens is 1. The van der Waals surface area contributed by atoms with Crippen LogP contribution in [0, 0.1) is 0 Å². The van der Waals surface area contributed by atoms with E-state index in [0.717, 1.165) is 24.6 Å². The lowest BCUT2D eigenvalue weighted by atomic mass is 10.3. The number of nitrogens with one attached hydrogen (secondary N) is 2. The highest BCUT2D eigenvalue weighted by atomic mass is 35.5. The van der Waals surface area contributed by atoms with Crippen LogP contribution >= 0.6 is 23.3 Å². The summed E-state index contributed by atoms with van der Waals surface area (Å²) in [4.78, 5) is 11.6. The molecule has 1 unspecified atom stereocenters. The highest BCUT2D eigenvalue weighted by Gasteiger charge is 2.26. The van der Waals surface area contributed by atoms with Crippen molar-refractivity contribution in [3.63, 3.8) is 0 Å². The van der Waals surface area contributed by atoms with Gasteiger partial charge in [0.2, 0.25) is 5.91 Å². The van der Waals surface area contributed by atoms with Gasteiger partial charge >= 0.3 is 0 Å². The molecule has 2 N–H and O–H groups in total. The Balaban J connectivity index is 1.87. The number of hydrogen-bond donors (Lipinski definition) is 2. The molecule has 1 saturated carbocycles. The Kier molecular flexibility index (Phi) is 3.06. The summed E-state index contributed by atoms with van der Waals surface area (Å²) in [5.74, 6) is 0.446. The predicted octanol–water partition coefficient (Wildman–Crippen LogP) is 1.27. The van der Waals surface area contributed by atoms with Crippen molar-refractivity contribution >= 4 is 35.1 Å². The van der Waals surface area contributed by atoms with E-state index in [1.165, 1.54) is 0 Å². The van der Waals surface area contributed by atoms with Gasteiger partial charge in [0.05, 0.1) is 11.7 Å². The molecule has 0 bridgehead atoms. The van der Waals surface area contributed by atoms with Crippen molar-refractivity contribution in [3.05, 3.63) is 5.15 Å². The second-order valence-corrected chi connectivity index (χ2v) is 4.44. The Hall–Kier alpha value is -0.880. The Morgan fingerprint density at radius 2 is 2.33 bits per heavy atom. The summed E-state index contributed by atoms with van der Waals surface area (Å²) >= 11 is 6.77. The normalized spacial score (nSPS) is 17.2. The molecule has 1 aromatic heterocycles. The van der Waals surface area contributed by atoms with E-state index in [0.29, 0.717) is 17.0 Å². The van der Waals surface area contributed by atoms with Gasteiger partial charge in [-0.05, 0) is 19.8 Å². The van der Waals surface area contributed by atoms with Gasteiger partial charge in [-0.25, -0.2) is 0 Å². The standard InChI is InChI=1S/C8H11ClN4OS/c1-4(8(14)11-5-2-3-5)10-7-6(9)12-15-13-7/h4-5H,2-3H2,1H3,(H,10,13)(H,11,14). The lowest BCUT2D eigenvalue weighted by Gasteiger charge is -2.12. The van der Waals surface area contributed by atoms with Gasteiger partial charge in [-0.2, -0.15) is 8.75 Å². The minimum absolute atomic E-state index is 0.0263. The molecule has 0 aromatic carbocycles. The lowest BCUT2D eigenvalue weighted by Crippen LogP contribution is -2.38. The molecule has 0 spiro atoms. The van der Waals surface area contributed by atoms with Crippen molar-refractivity contribution in [1.82, 2.24) is 14.1 Å². The fraction of sp³-hybridized carbons (Fsp3) is 0.625. The van der Waals surface area contributed by atoms with Crippen molar-refractivity contribution in [2.24, 2.45) is 0 Å². The molecule has 0 aliphatic heterocycles. The molecule has 82 valence electrons. The number of carbonyl (C=O) groups excluding carboxylic acids is 1. The third-order valence-corrected chi connectivity index (χ3v) is 3.01. The zero-order valence-corrected chi connectivity index (χ0v) is 9.73. The second-order valence-electron chi connectivity index (χ2n) is 3.55. The first-order valence-electron chi connectivity index (χ1n) is 4.72. The van der Waals surface area contributed by atoms with Crippen molar-refractivity contribution in [2.45, 2.75) is 31.8 Å². The first kappa shape index (κ1) is 10.6. The largest absolute Gasteiger partial charge is 0.355 e. The van der Waals surface area contributed by atoms with Crippen molar-refractivity contribution in [3.8, 4) is 0 Å². The summed E-state index contributed by atoms with van der Waals surface area (Å²) in [7, 11) is 0. The molecule has 1 fully saturated rings. The molecular weight excluding hydrogens is 236 g/mol. The molecule has 7 heteroatoms. The third-order valence-electron chi connectivity index (χ3n) is 2.12. The molecule has 1 aliphatic rings. The van der Waals surface area contributed by atoms with Crippen molar-refractivity contribution in [1.29, 1.82) is 0 Å². The molecule has 1 aliphatic carbocycles. The predicted molar refractivity (Wildman–Crippen MR) is 59.2 cm³/mol. The smallest absolute Gasteiger partial charge is 0.242 e. The molecule has 1 atom stereocenters. The van der Waals surface area contributed by atoms with Crippen LogP contribution in [-0.2, 0) is 4.79 Å². The lowest BCUT2D eigenvalue weighted by molar-refractivity contribution is -0.121. The van der Waals surface area contributed by atoms with Crippen molar-refractivity contribution < 1.29 is 4.79 Å². The SMILES string of the molecule is CC(Nc1nsnc1Cl)C(=O)NC1CC1. The van der Waals surface area contributed by atoms with Gasteiger partial charge < -0.3 is 10.6 Å². The first-order chi connectivity index (χ1) is 7.16. The maximum Gasteiger partial charge on any atom is 0.242 e. The van der Waals surface area contributed by atoms with Gasteiger partial charge in [-0.15, -0.1) is 0 Å². The van der Waals surface area contributed by atoms with Gasteiger partial charge in [0, 0.05) is 6.04 Å². The van der Waals surface area contributed by atoms with E-state index >= 15 is 0 Å². The van der Waals surface area contributed by atoms with Crippen LogP contribution in [0.4, 0.5) is 5.82 Å². The fourth-order valence-electron chi connectivity index (χ4n) is 1.09. The topological polar surface area (TPSA) is 66.9 Å². The number of amides is 1. The molecular formula is C8H11ClN4OS. The number of anilines is 1. The van der Waals surface area contributed by atoms with Gasteiger partial charge in [-0.1, -0.05) is 11.6 Å². The quantitative estimate of drug-likeness (QED) is 0.840. The summed E-state index contributed by atoms with van der Waals surface area (Å²) in [5.41, 5.74) is 0. The van der Waals surface area contributed by atoms with Crippen LogP contribution in [-0.4, -0.2) is 26.7 Å². The first-order valence-corrected chi connectivity index (χ1v) is 5.82. The zero-order valence-electron chi connectivity index (χ0n) is 8.16. The van der Waals surface area contributed by atoms with Gasteiger partial charge in [-0.3, -0.25) is 4.79 Å². The minimum Gasteiger partial charge on any atom is -0.355 e. The molecule has 5 nitrogen and oxygen atoms in total. The van der Waals surface area contributed by atoms with E-state index in [4.69, 9.17) is 11.6 Å². The highest BCUT2D eigenvalue weighted by Crippen LogP contribution is 2.20.